The first-order chi connectivity index (χ1) is 6.65. The number of methoxy groups -OCH3 is 2. The van der Waals surface area contributed by atoms with Gasteiger partial charge in [0.15, 0.2) is 11.6 Å². The molecule has 1 aromatic carbocycles. The van der Waals surface area contributed by atoms with Crippen molar-refractivity contribution in [1.29, 1.82) is 0 Å². The number of hydrogen-bond donors (Lipinski definition) is 0. The topological polar surface area (TPSA) is 18.5 Å². The highest BCUT2D eigenvalue weighted by molar-refractivity contribution is 9.08. The Hall–Kier alpha value is -0.480. The smallest absolute Gasteiger partial charge is 0.170 e. The molecule has 0 radical (unpaired) electrons. The molecule has 0 heterocycles. The summed E-state index contributed by atoms with van der Waals surface area (Å²) in [5, 5.41) is 0.577. The van der Waals surface area contributed by atoms with E-state index in [1.165, 1.54) is 20.3 Å². The van der Waals surface area contributed by atoms with Gasteiger partial charge in [-0.05, 0) is 0 Å². The van der Waals surface area contributed by atoms with E-state index in [0.717, 1.165) is 0 Å². The summed E-state index contributed by atoms with van der Waals surface area (Å²) in [6.07, 6.45) is 0. The van der Waals surface area contributed by atoms with Crippen molar-refractivity contribution in [3.63, 3.8) is 0 Å². The van der Waals surface area contributed by atoms with Crippen molar-refractivity contribution >= 4 is 27.5 Å². The molecule has 1 rings (SSSR count). The van der Waals surface area contributed by atoms with Gasteiger partial charge in [0.1, 0.15) is 5.75 Å². The van der Waals surface area contributed by atoms with Crippen LogP contribution in [0.1, 0.15) is 5.56 Å². The van der Waals surface area contributed by atoms with Crippen LogP contribution in [0.4, 0.5) is 4.39 Å². The lowest BCUT2D eigenvalue weighted by molar-refractivity contribution is 0.372. The zero-order chi connectivity index (χ0) is 10.7. The van der Waals surface area contributed by atoms with Crippen LogP contribution in [-0.4, -0.2) is 14.2 Å². The van der Waals surface area contributed by atoms with E-state index < -0.39 is 5.82 Å². The number of rotatable bonds is 3. The average molecular weight is 284 g/mol. The van der Waals surface area contributed by atoms with Crippen LogP contribution in [0.2, 0.25) is 5.02 Å². The van der Waals surface area contributed by atoms with E-state index >= 15 is 0 Å². The maximum absolute atomic E-state index is 13.6. The summed E-state index contributed by atoms with van der Waals surface area (Å²) < 4.78 is 23.4. The molecule has 5 heteroatoms. The van der Waals surface area contributed by atoms with Crippen LogP contribution in [0.5, 0.6) is 11.5 Å². The number of benzene rings is 1. The largest absolute Gasteiger partial charge is 0.495 e. The van der Waals surface area contributed by atoms with Crippen LogP contribution in [-0.2, 0) is 5.33 Å². The van der Waals surface area contributed by atoms with E-state index in [1.807, 2.05) is 0 Å². The molecule has 0 aliphatic heterocycles. The predicted molar refractivity (Wildman–Crippen MR) is 57.1 cm³/mol. The standard InChI is InChI=1S/C9H9BrClFO2/c1-13-6-3-7(14-2)9(12)5(4-10)8(6)11/h3H,4H2,1-2H3. The van der Waals surface area contributed by atoms with Crippen LogP contribution < -0.4 is 9.47 Å². The first kappa shape index (κ1) is 11.6. The molecular formula is C9H9BrClFO2. The van der Waals surface area contributed by atoms with E-state index in [-0.39, 0.29) is 10.8 Å². The van der Waals surface area contributed by atoms with Gasteiger partial charge in [-0.15, -0.1) is 0 Å². The Labute approximate surface area is 95.1 Å². The molecule has 0 bridgehead atoms. The van der Waals surface area contributed by atoms with Crippen molar-refractivity contribution in [1.82, 2.24) is 0 Å². The highest BCUT2D eigenvalue weighted by atomic mass is 79.9. The maximum atomic E-state index is 13.6. The van der Waals surface area contributed by atoms with Crippen LogP contribution in [0.3, 0.4) is 0 Å². The van der Waals surface area contributed by atoms with Gasteiger partial charge in [-0.1, -0.05) is 27.5 Å². The van der Waals surface area contributed by atoms with E-state index in [9.17, 15) is 4.39 Å². The third-order valence-electron chi connectivity index (χ3n) is 1.80. The van der Waals surface area contributed by atoms with Gasteiger partial charge in [0.2, 0.25) is 0 Å². The quantitative estimate of drug-likeness (QED) is 0.792. The SMILES string of the molecule is COc1cc(OC)c(Cl)c(CBr)c1F. The van der Waals surface area contributed by atoms with Crippen molar-refractivity contribution in [2.24, 2.45) is 0 Å². The fourth-order valence-corrected chi connectivity index (χ4v) is 2.02. The minimum atomic E-state index is -0.463. The molecular weight excluding hydrogens is 274 g/mol. The molecule has 0 saturated heterocycles. The van der Waals surface area contributed by atoms with Crippen LogP contribution in [0.25, 0.3) is 0 Å². The highest BCUT2D eigenvalue weighted by Crippen LogP contribution is 2.37. The Morgan fingerprint density at radius 2 is 1.93 bits per heavy atom. The van der Waals surface area contributed by atoms with Crippen LogP contribution in [0, 0.1) is 5.82 Å². The molecule has 0 N–H and O–H groups in total. The Kier molecular flexibility index (Phi) is 4.01. The van der Waals surface area contributed by atoms with E-state index in [1.54, 1.807) is 0 Å². The molecule has 14 heavy (non-hydrogen) atoms. The molecule has 0 spiro atoms. The molecule has 78 valence electrons. The number of ether oxygens (including phenoxy) is 2. The summed E-state index contributed by atoms with van der Waals surface area (Å²) in [6.45, 7) is 0. The third kappa shape index (κ3) is 1.96. The molecule has 0 aromatic heterocycles. The van der Waals surface area contributed by atoms with Gasteiger partial charge in [0, 0.05) is 17.0 Å². The fourth-order valence-electron chi connectivity index (χ4n) is 1.05. The fraction of sp³-hybridized carbons (Fsp3) is 0.333. The number of halogens is 3. The van der Waals surface area contributed by atoms with Gasteiger partial charge < -0.3 is 9.47 Å². The van der Waals surface area contributed by atoms with Gasteiger partial charge in [-0.3, -0.25) is 0 Å². The van der Waals surface area contributed by atoms with E-state index in [0.29, 0.717) is 16.6 Å². The Morgan fingerprint density at radius 3 is 2.36 bits per heavy atom. The van der Waals surface area contributed by atoms with Crippen LogP contribution >= 0.6 is 27.5 Å². The van der Waals surface area contributed by atoms with Gasteiger partial charge in [0.25, 0.3) is 0 Å². The minimum absolute atomic E-state index is 0.126. The molecule has 0 amide bonds. The summed E-state index contributed by atoms with van der Waals surface area (Å²) in [7, 11) is 2.86. The Bertz CT molecular complexity index is 316. The van der Waals surface area contributed by atoms with Gasteiger partial charge in [-0.25, -0.2) is 4.39 Å². The van der Waals surface area contributed by atoms with Gasteiger partial charge >= 0.3 is 0 Å². The Balaban J connectivity index is 3.39. The zero-order valence-electron chi connectivity index (χ0n) is 7.73. The number of hydrogen-bond acceptors (Lipinski definition) is 2. The lowest BCUT2D eigenvalue weighted by Gasteiger charge is -2.11. The lowest BCUT2D eigenvalue weighted by Crippen LogP contribution is -1.97. The third-order valence-corrected chi connectivity index (χ3v) is 2.77. The second kappa shape index (κ2) is 4.84. The minimum Gasteiger partial charge on any atom is -0.495 e. The van der Waals surface area contributed by atoms with Gasteiger partial charge in [0.05, 0.1) is 19.2 Å². The molecule has 0 unspecified atom stereocenters. The Morgan fingerprint density at radius 1 is 1.36 bits per heavy atom. The van der Waals surface area contributed by atoms with Crippen molar-refractivity contribution in [2.45, 2.75) is 5.33 Å². The zero-order valence-corrected chi connectivity index (χ0v) is 10.1. The predicted octanol–water partition coefficient (Wildman–Crippen LogP) is 3.39. The molecule has 0 aliphatic carbocycles. The van der Waals surface area contributed by atoms with Crippen molar-refractivity contribution in [3.05, 3.63) is 22.5 Å². The molecule has 0 fully saturated rings. The first-order valence-corrected chi connectivity index (χ1v) is 5.30. The summed E-state index contributed by atoms with van der Waals surface area (Å²) in [5.41, 5.74) is 0.336. The average Bonchev–Trinajstić information content (AvgIpc) is 2.19. The molecule has 0 saturated carbocycles. The first-order valence-electron chi connectivity index (χ1n) is 3.80. The van der Waals surface area contributed by atoms with Gasteiger partial charge in [-0.2, -0.15) is 0 Å². The number of alkyl halides is 1. The maximum Gasteiger partial charge on any atom is 0.170 e. The monoisotopic (exact) mass is 282 g/mol. The summed E-state index contributed by atoms with van der Waals surface area (Å²) in [5.74, 6) is 0.0650. The summed E-state index contributed by atoms with van der Waals surface area (Å²) in [4.78, 5) is 0. The molecule has 2 nitrogen and oxygen atoms in total. The van der Waals surface area contributed by atoms with Crippen molar-refractivity contribution in [2.75, 3.05) is 14.2 Å². The van der Waals surface area contributed by atoms with E-state index in [2.05, 4.69) is 15.9 Å². The lowest BCUT2D eigenvalue weighted by atomic mass is 10.2. The molecule has 0 atom stereocenters. The second-order valence-electron chi connectivity index (χ2n) is 2.52. The molecule has 1 aromatic rings. The highest BCUT2D eigenvalue weighted by Gasteiger charge is 2.17. The van der Waals surface area contributed by atoms with Crippen molar-refractivity contribution < 1.29 is 13.9 Å². The molecule has 0 aliphatic rings. The van der Waals surface area contributed by atoms with E-state index in [4.69, 9.17) is 21.1 Å². The second-order valence-corrected chi connectivity index (χ2v) is 3.46. The van der Waals surface area contributed by atoms with Crippen molar-refractivity contribution in [3.8, 4) is 11.5 Å². The summed E-state index contributed by atoms with van der Waals surface area (Å²) in [6, 6.07) is 1.42. The van der Waals surface area contributed by atoms with Crippen LogP contribution in [0.15, 0.2) is 6.07 Å². The normalized spacial score (nSPS) is 10.1. The summed E-state index contributed by atoms with van der Waals surface area (Å²) >= 11 is 9.04.